The van der Waals surface area contributed by atoms with E-state index in [0.717, 1.165) is 11.1 Å². The van der Waals surface area contributed by atoms with Gasteiger partial charge in [0.2, 0.25) is 0 Å². The van der Waals surface area contributed by atoms with Crippen molar-refractivity contribution in [3.05, 3.63) is 34.9 Å². The summed E-state index contributed by atoms with van der Waals surface area (Å²) in [6.45, 7) is 1.64. The molecule has 0 atom stereocenters. The number of hydrogen-bond donors (Lipinski definition) is 0. The number of ether oxygens (including phenoxy) is 1. The van der Waals surface area contributed by atoms with E-state index >= 15 is 0 Å². The van der Waals surface area contributed by atoms with Gasteiger partial charge in [-0.2, -0.15) is 13.2 Å². The average Bonchev–Trinajstić information content (AvgIpc) is 2.20. The van der Waals surface area contributed by atoms with Crippen LogP contribution in [0.3, 0.4) is 0 Å². The number of halogens is 3. The lowest BCUT2D eigenvalue weighted by Gasteiger charge is -2.09. The minimum Gasteiger partial charge on any atom is -0.364 e. The molecule has 0 aliphatic rings. The highest BCUT2D eigenvalue weighted by molar-refractivity contribution is 5.98. The Morgan fingerprint density at radius 3 is 2.53 bits per heavy atom. The van der Waals surface area contributed by atoms with Gasteiger partial charge in [-0.05, 0) is 25.0 Å². The van der Waals surface area contributed by atoms with E-state index in [1.165, 1.54) is 0 Å². The topological polar surface area (TPSA) is 26.3 Å². The maximum atomic E-state index is 11.8. The molecule has 0 saturated heterocycles. The lowest BCUT2D eigenvalue weighted by molar-refractivity contribution is -0.170. The monoisotopic (exact) mass is 246 g/mol. The molecule has 5 heteroatoms. The zero-order valence-corrected chi connectivity index (χ0v) is 9.60. The highest BCUT2D eigenvalue weighted by Crippen LogP contribution is 2.16. The quantitative estimate of drug-likeness (QED) is 0.763. The predicted octanol–water partition coefficient (Wildman–Crippen LogP) is 3.07. The molecule has 1 aromatic rings. The van der Waals surface area contributed by atoms with E-state index in [1.54, 1.807) is 19.1 Å². The molecule has 0 heterocycles. The highest BCUT2D eigenvalue weighted by atomic mass is 19.4. The smallest absolute Gasteiger partial charge is 0.364 e. The number of hydrogen-bond acceptors (Lipinski definition) is 2. The summed E-state index contributed by atoms with van der Waals surface area (Å²) in [6.07, 6.45) is -4.40. The summed E-state index contributed by atoms with van der Waals surface area (Å²) in [7, 11) is 0. The first kappa shape index (κ1) is 13.7. The first-order valence-corrected chi connectivity index (χ1v) is 5.05. The van der Waals surface area contributed by atoms with E-state index in [2.05, 4.69) is 4.74 Å². The van der Waals surface area contributed by atoms with Gasteiger partial charge >= 0.3 is 6.18 Å². The zero-order chi connectivity index (χ0) is 13.1. The van der Waals surface area contributed by atoms with Gasteiger partial charge in [0.1, 0.15) is 13.2 Å². The van der Waals surface area contributed by atoms with Crippen molar-refractivity contribution in [2.75, 3.05) is 13.2 Å². The van der Waals surface area contributed by atoms with E-state index < -0.39 is 25.2 Å². The lowest BCUT2D eigenvalue weighted by atomic mass is 10.0. The van der Waals surface area contributed by atoms with E-state index in [-0.39, 0.29) is 0 Å². The number of carbonyl (C=O) groups is 1. The normalized spacial score (nSPS) is 11.6. The van der Waals surface area contributed by atoms with Gasteiger partial charge in [-0.15, -0.1) is 0 Å². The summed E-state index contributed by atoms with van der Waals surface area (Å²) in [4.78, 5) is 11.6. The number of Topliss-reactive ketones (excluding diaryl/α,β-unsaturated/α-hetero) is 1. The molecule has 0 unspecified atom stereocenters. The standard InChI is InChI=1S/C12H13F3O2/c1-8-4-3-5-10(9(8)2)11(16)6-17-7-12(13,14)15/h3-5H,6-7H2,1-2H3. The molecule has 17 heavy (non-hydrogen) atoms. The van der Waals surface area contributed by atoms with Crippen molar-refractivity contribution in [2.45, 2.75) is 20.0 Å². The summed E-state index contributed by atoms with van der Waals surface area (Å²) in [6, 6.07) is 5.11. The van der Waals surface area contributed by atoms with Crippen LogP contribution in [0.15, 0.2) is 18.2 Å². The van der Waals surface area contributed by atoms with Crippen molar-refractivity contribution in [1.29, 1.82) is 0 Å². The van der Waals surface area contributed by atoms with Crippen molar-refractivity contribution >= 4 is 5.78 Å². The fourth-order valence-corrected chi connectivity index (χ4v) is 1.39. The van der Waals surface area contributed by atoms with Gasteiger partial charge in [-0.1, -0.05) is 18.2 Å². The lowest BCUT2D eigenvalue weighted by Crippen LogP contribution is -2.20. The van der Waals surface area contributed by atoms with Gasteiger partial charge in [0, 0.05) is 5.56 Å². The second-order valence-electron chi connectivity index (χ2n) is 3.78. The molecular formula is C12H13F3O2. The van der Waals surface area contributed by atoms with Crippen molar-refractivity contribution in [3.8, 4) is 0 Å². The van der Waals surface area contributed by atoms with Crippen LogP contribution < -0.4 is 0 Å². The average molecular weight is 246 g/mol. The molecule has 0 bridgehead atoms. The Morgan fingerprint density at radius 1 is 1.29 bits per heavy atom. The summed E-state index contributed by atoms with van der Waals surface area (Å²) < 4.78 is 39.8. The highest BCUT2D eigenvalue weighted by Gasteiger charge is 2.27. The van der Waals surface area contributed by atoms with Gasteiger partial charge < -0.3 is 4.74 Å². The first-order chi connectivity index (χ1) is 7.81. The number of rotatable bonds is 4. The Kier molecular flexibility index (Phi) is 4.28. The van der Waals surface area contributed by atoms with Gasteiger partial charge in [0.15, 0.2) is 5.78 Å². The molecule has 94 valence electrons. The minimum atomic E-state index is -4.40. The maximum Gasteiger partial charge on any atom is 0.411 e. The molecule has 0 aliphatic carbocycles. The Labute approximate surface area is 97.4 Å². The maximum absolute atomic E-state index is 11.8. The zero-order valence-electron chi connectivity index (χ0n) is 9.60. The number of alkyl halides is 3. The predicted molar refractivity (Wildman–Crippen MR) is 57.1 cm³/mol. The van der Waals surface area contributed by atoms with Crippen molar-refractivity contribution in [3.63, 3.8) is 0 Å². The summed E-state index contributed by atoms with van der Waals surface area (Å²) >= 11 is 0. The summed E-state index contributed by atoms with van der Waals surface area (Å²) in [5, 5.41) is 0. The van der Waals surface area contributed by atoms with E-state index in [1.807, 2.05) is 13.0 Å². The van der Waals surface area contributed by atoms with E-state index in [0.29, 0.717) is 5.56 Å². The van der Waals surface area contributed by atoms with Crippen LogP contribution in [0.25, 0.3) is 0 Å². The van der Waals surface area contributed by atoms with Crippen LogP contribution in [0.5, 0.6) is 0 Å². The SMILES string of the molecule is Cc1cccc(C(=O)COCC(F)(F)F)c1C. The first-order valence-electron chi connectivity index (χ1n) is 5.05. The van der Waals surface area contributed by atoms with Crippen LogP contribution >= 0.6 is 0 Å². The fraction of sp³-hybridized carbons (Fsp3) is 0.417. The van der Waals surface area contributed by atoms with Crippen molar-refractivity contribution in [2.24, 2.45) is 0 Å². The van der Waals surface area contributed by atoms with Crippen LogP contribution in [-0.2, 0) is 4.74 Å². The Balaban J connectivity index is 2.62. The Bertz CT molecular complexity index is 411. The van der Waals surface area contributed by atoms with Crippen LogP contribution in [-0.4, -0.2) is 25.2 Å². The fourth-order valence-electron chi connectivity index (χ4n) is 1.39. The molecule has 0 N–H and O–H groups in total. The van der Waals surface area contributed by atoms with E-state index in [9.17, 15) is 18.0 Å². The second kappa shape index (κ2) is 5.31. The molecule has 0 radical (unpaired) electrons. The molecule has 0 amide bonds. The third-order valence-corrected chi connectivity index (χ3v) is 2.40. The third-order valence-electron chi connectivity index (χ3n) is 2.40. The number of benzene rings is 1. The molecule has 0 spiro atoms. The van der Waals surface area contributed by atoms with Gasteiger partial charge in [-0.25, -0.2) is 0 Å². The van der Waals surface area contributed by atoms with Crippen LogP contribution in [0.2, 0.25) is 0 Å². The molecule has 0 fully saturated rings. The molecule has 2 nitrogen and oxygen atoms in total. The molecule has 0 aliphatic heterocycles. The Morgan fingerprint density at radius 2 is 1.94 bits per heavy atom. The summed E-state index contributed by atoms with van der Waals surface area (Å²) in [5.41, 5.74) is 2.10. The summed E-state index contributed by atoms with van der Waals surface area (Å²) in [5.74, 6) is -0.435. The van der Waals surface area contributed by atoms with Gasteiger partial charge in [0.25, 0.3) is 0 Å². The van der Waals surface area contributed by atoms with Crippen LogP contribution in [0.1, 0.15) is 21.5 Å². The number of aryl methyl sites for hydroxylation is 1. The Hall–Kier alpha value is -1.36. The van der Waals surface area contributed by atoms with Crippen LogP contribution in [0, 0.1) is 13.8 Å². The molecule has 1 rings (SSSR count). The largest absolute Gasteiger partial charge is 0.411 e. The van der Waals surface area contributed by atoms with Crippen molar-refractivity contribution < 1.29 is 22.7 Å². The van der Waals surface area contributed by atoms with Gasteiger partial charge in [0.05, 0.1) is 0 Å². The number of carbonyl (C=O) groups excluding carboxylic acids is 1. The minimum absolute atomic E-state index is 0.409. The number of ketones is 1. The van der Waals surface area contributed by atoms with Gasteiger partial charge in [-0.3, -0.25) is 4.79 Å². The second-order valence-corrected chi connectivity index (χ2v) is 3.78. The van der Waals surface area contributed by atoms with Crippen molar-refractivity contribution in [1.82, 2.24) is 0 Å². The van der Waals surface area contributed by atoms with Crippen LogP contribution in [0.4, 0.5) is 13.2 Å². The molecule has 1 aromatic carbocycles. The third kappa shape index (κ3) is 4.19. The van der Waals surface area contributed by atoms with E-state index in [4.69, 9.17) is 0 Å². The molecule has 0 saturated carbocycles. The molecular weight excluding hydrogens is 233 g/mol. The molecule has 0 aromatic heterocycles.